The summed E-state index contributed by atoms with van der Waals surface area (Å²) in [7, 11) is 4.17. The number of hydrogen-bond donors (Lipinski definition) is 2. The average Bonchev–Trinajstić information content (AvgIpc) is 2.36. The van der Waals surface area contributed by atoms with E-state index in [-0.39, 0.29) is 5.92 Å². The first-order chi connectivity index (χ1) is 9.77. The third kappa shape index (κ3) is 9.14. The molecule has 1 unspecified atom stereocenters. The second kappa shape index (κ2) is 10.3. The maximum atomic E-state index is 5.96. The van der Waals surface area contributed by atoms with Crippen molar-refractivity contribution in [2.24, 2.45) is 17.6 Å². The molecule has 0 saturated carbocycles. The van der Waals surface area contributed by atoms with Crippen LogP contribution in [0.2, 0.25) is 0 Å². The molecule has 0 aliphatic heterocycles. The van der Waals surface area contributed by atoms with Crippen molar-refractivity contribution >= 4 is 0 Å². The second-order valence-electron chi connectivity index (χ2n) is 6.25. The normalized spacial score (nSPS) is 14.4. The van der Waals surface area contributed by atoms with Crippen LogP contribution in [0.1, 0.15) is 33.6 Å². The lowest BCUT2D eigenvalue weighted by Crippen LogP contribution is -2.15. The van der Waals surface area contributed by atoms with Gasteiger partial charge in [0.25, 0.3) is 0 Å². The van der Waals surface area contributed by atoms with Crippen molar-refractivity contribution < 1.29 is 0 Å². The number of rotatable bonds is 10. The van der Waals surface area contributed by atoms with Crippen LogP contribution in [0.15, 0.2) is 48.5 Å². The molecule has 0 saturated heterocycles. The zero-order chi connectivity index (χ0) is 16.4. The Morgan fingerprint density at radius 1 is 1.33 bits per heavy atom. The van der Waals surface area contributed by atoms with Crippen molar-refractivity contribution in [2.75, 3.05) is 20.6 Å². The van der Waals surface area contributed by atoms with Gasteiger partial charge in [0.05, 0.1) is 0 Å². The minimum atomic E-state index is 0.233. The maximum Gasteiger partial charge on any atom is 0.0166 e. The molecular weight excluding hydrogens is 258 g/mol. The van der Waals surface area contributed by atoms with Crippen LogP contribution >= 0.6 is 0 Å². The molecule has 0 aromatic carbocycles. The molecule has 3 N–H and O–H groups in total. The van der Waals surface area contributed by atoms with Crippen molar-refractivity contribution in [1.82, 2.24) is 10.2 Å². The molecule has 0 amide bonds. The standard InChI is InChI=1S/C18H33N3/c1-8-20-13-17(9-10-21(6)7)15(4)12-18(16(5)19)11-14(2)3/h8,12-14,18,20H,1,5,9-11,19H2,2-4,6-7H3/b15-12-,17-13-. The highest BCUT2D eigenvalue weighted by molar-refractivity contribution is 5.31. The van der Waals surface area contributed by atoms with Gasteiger partial charge in [0.15, 0.2) is 0 Å². The Morgan fingerprint density at radius 3 is 2.38 bits per heavy atom. The first kappa shape index (κ1) is 19.5. The summed E-state index contributed by atoms with van der Waals surface area (Å²) in [5.74, 6) is 0.830. The molecular formula is C18H33N3. The summed E-state index contributed by atoms with van der Waals surface area (Å²) < 4.78 is 0. The molecule has 0 heterocycles. The Kier molecular flexibility index (Phi) is 9.55. The molecule has 1 atom stereocenters. The zero-order valence-corrected chi connectivity index (χ0v) is 14.4. The molecule has 0 bridgehead atoms. The molecule has 3 nitrogen and oxygen atoms in total. The maximum absolute atomic E-state index is 5.96. The van der Waals surface area contributed by atoms with E-state index in [2.05, 4.69) is 64.3 Å². The molecule has 0 aromatic rings. The van der Waals surface area contributed by atoms with Crippen LogP contribution in [-0.4, -0.2) is 25.5 Å². The summed E-state index contributed by atoms with van der Waals surface area (Å²) in [6.45, 7) is 15.2. The van der Waals surface area contributed by atoms with E-state index in [1.807, 2.05) is 6.20 Å². The average molecular weight is 291 g/mol. The van der Waals surface area contributed by atoms with E-state index in [1.165, 1.54) is 11.1 Å². The highest BCUT2D eigenvalue weighted by Gasteiger charge is 2.11. The fourth-order valence-electron chi connectivity index (χ4n) is 2.13. The lowest BCUT2D eigenvalue weighted by atomic mass is 9.91. The molecule has 0 spiro atoms. The van der Waals surface area contributed by atoms with Gasteiger partial charge in [-0.05, 0) is 57.1 Å². The minimum Gasteiger partial charge on any atom is -0.402 e. The van der Waals surface area contributed by atoms with Crippen molar-refractivity contribution in [3.63, 3.8) is 0 Å². The molecule has 0 aromatic heterocycles. The Hall–Kier alpha value is -1.48. The fourth-order valence-corrected chi connectivity index (χ4v) is 2.13. The van der Waals surface area contributed by atoms with E-state index in [9.17, 15) is 0 Å². The van der Waals surface area contributed by atoms with Crippen molar-refractivity contribution in [3.8, 4) is 0 Å². The van der Waals surface area contributed by atoms with Gasteiger partial charge in [-0.15, -0.1) is 0 Å². The monoisotopic (exact) mass is 291 g/mol. The first-order valence-corrected chi connectivity index (χ1v) is 7.61. The van der Waals surface area contributed by atoms with Gasteiger partial charge in [-0.3, -0.25) is 0 Å². The molecule has 120 valence electrons. The number of nitrogens with one attached hydrogen (secondary N) is 1. The van der Waals surface area contributed by atoms with E-state index in [1.54, 1.807) is 6.20 Å². The highest BCUT2D eigenvalue weighted by Crippen LogP contribution is 2.23. The third-order valence-corrected chi connectivity index (χ3v) is 3.36. The zero-order valence-electron chi connectivity index (χ0n) is 14.4. The third-order valence-electron chi connectivity index (χ3n) is 3.36. The van der Waals surface area contributed by atoms with Crippen LogP contribution in [-0.2, 0) is 0 Å². The quantitative estimate of drug-likeness (QED) is 0.604. The van der Waals surface area contributed by atoms with Crippen LogP contribution in [0.3, 0.4) is 0 Å². The van der Waals surface area contributed by atoms with Crippen LogP contribution < -0.4 is 11.1 Å². The van der Waals surface area contributed by atoms with Crippen LogP contribution in [0, 0.1) is 11.8 Å². The number of allylic oxidation sites excluding steroid dienone is 2. The predicted octanol–water partition coefficient (Wildman–Crippen LogP) is 3.64. The van der Waals surface area contributed by atoms with Gasteiger partial charge in [-0.2, -0.15) is 0 Å². The van der Waals surface area contributed by atoms with Crippen LogP contribution in [0.5, 0.6) is 0 Å². The van der Waals surface area contributed by atoms with E-state index in [4.69, 9.17) is 5.73 Å². The van der Waals surface area contributed by atoms with Gasteiger partial charge in [0.1, 0.15) is 0 Å². The van der Waals surface area contributed by atoms with Gasteiger partial charge >= 0.3 is 0 Å². The Bertz CT molecular complexity index is 389. The fraction of sp³-hybridized carbons (Fsp3) is 0.556. The molecule has 0 aliphatic rings. The molecule has 0 fully saturated rings. The topological polar surface area (TPSA) is 41.3 Å². The second-order valence-corrected chi connectivity index (χ2v) is 6.25. The summed E-state index contributed by atoms with van der Waals surface area (Å²) in [5.41, 5.74) is 9.23. The Labute approximate surface area is 131 Å². The van der Waals surface area contributed by atoms with E-state index in [0.29, 0.717) is 5.92 Å². The van der Waals surface area contributed by atoms with Crippen molar-refractivity contribution in [2.45, 2.75) is 33.6 Å². The SMILES string of the molecule is C=CN/C=C(CCN(C)C)\C(C)=C/C(CC(C)C)C(=C)N. The molecule has 0 radical (unpaired) electrons. The Morgan fingerprint density at radius 2 is 1.95 bits per heavy atom. The van der Waals surface area contributed by atoms with E-state index < -0.39 is 0 Å². The van der Waals surface area contributed by atoms with Gasteiger partial charge in [0.2, 0.25) is 0 Å². The first-order valence-electron chi connectivity index (χ1n) is 7.61. The number of nitrogens with zero attached hydrogens (tertiary/aromatic N) is 1. The number of nitrogens with two attached hydrogens (primary N) is 1. The van der Waals surface area contributed by atoms with Crippen LogP contribution in [0.4, 0.5) is 0 Å². The largest absolute Gasteiger partial charge is 0.402 e. The summed E-state index contributed by atoms with van der Waals surface area (Å²) in [5, 5.41) is 3.09. The van der Waals surface area contributed by atoms with Gasteiger partial charge in [0, 0.05) is 24.4 Å². The summed E-state index contributed by atoms with van der Waals surface area (Å²) in [6.07, 6.45) is 7.98. The lowest BCUT2D eigenvalue weighted by Gasteiger charge is -2.18. The smallest absolute Gasteiger partial charge is 0.0166 e. The predicted molar refractivity (Wildman–Crippen MR) is 94.6 cm³/mol. The molecule has 3 heteroatoms. The summed E-state index contributed by atoms with van der Waals surface area (Å²) in [4.78, 5) is 2.18. The highest BCUT2D eigenvalue weighted by atomic mass is 15.0. The Balaban J connectivity index is 5.11. The summed E-state index contributed by atoms with van der Waals surface area (Å²) >= 11 is 0. The van der Waals surface area contributed by atoms with Crippen molar-refractivity contribution in [3.05, 3.63) is 48.5 Å². The molecule has 0 rings (SSSR count). The number of hydrogen-bond acceptors (Lipinski definition) is 3. The van der Waals surface area contributed by atoms with E-state index in [0.717, 1.165) is 25.1 Å². The van der Waals surface area contributed by atoms with Gasteiger partial charge in [-0.25, -0.2) is 0 Å². The van der Waals surface area contributed by atoms with Gasteiger partial charge < -0.3 is 16.0 Å². The van der Waals surface area contributed by atoms with E-state index >= 15 is 0 Å². The summed E-state index contributed by atoms with van der Waals surface area (Å²) in [6, 6.07) is 0. The minimum absolute atomic E-state index is 0.233. The van der Waals surface area contributed by atoms with Gasteiger partial charge in [-0.1, -0.05) is 33.1 Å². The molecule has 0 aliphatic carbocycles. The van der Waals surface area contributed by atoms with Crippen molar-refractivity contribution in [1.29, 1.82) is 0 Å². The van der Waals surface area contributed by atoms with Crippen LogP contribution in [0.25, 0.3) is 0 Å². The molecule has 21 heavy (non-hydrogen) atoms. The lowest BCUT2D eigenvalue weighted by molar-refractivity contribution is 0.413.